The van der Waals surface area contributed by atoms with Gasteiger partial charge in [-0.1, -0.05) is 155 Å². The summed E-state index contributed by atoms with van der Waals surface area (Å²) in [6.07, 6.45) is 31.5. The van der Waals surface area contributed by atoms with E-state index in [2.05, 4.69) is 93.5 Å². The van der Waals surface area contributed by atoms with Gasteiger partial charge in [-0.2, -0.15) is 5.57 Å². The predicted molar refractivity (Wildman–Crippen MR) is 181 cm³/mol. The molecule has 0 radical (unpaired) electrons. The zero-order chi connectivity index (χ0) is 29.8. The first-order valence-electron chi connectivity index (χ1n) is 17.4. The fourth-order valence-electron chi connectivity index (χ4n) is 7.41. The molecule has 230 valence electrons. The van der Waals surface area contributed by atoms with Gasteiger partial charge >= 0.3 is 0 Å². The van der Waals surface area contributed by atoms with Gasteiger partial charge in [0.05, 0.1) is 0 Å². The molecule has 0 saturated heterocycles. The summed E-state index contributed by atoms with van der Waals surface area (Å²) in [6.45, 7) is 26.1. The van der Waals surface area contributed by atoms with Crippen molar-refractivity contribution in [3.63, 3.8) is 0 Å². The molecule has 4 atom stereocenters. The van der Waals surface area contributed by atoms with Crippen molar-refractivity contribution < 1.29 is 0 Å². The Hall–Kier alpha value is -1.17. The molecule has 0 aromatic carbocycles. The van der Waals surface area contributed by atoms with Crippen molar-refractivity contribution in [3.8, 4) is 0 Å². The molecule has 0 spiro atoms. The average molecular weight is 550 g/mol. The number of allylic oxidation sites excluding steroid dienone is 7. The molecule has 40 heavy (non-hydrogen) atoms. The van der Waals surface area contributed by atoms with Gasteiger partial charge in [0.25, 0.3) is 0 Å². The molecule has 0 aromatic rings. The van der Waals surface area contributed by atoms with E-state index in [9.17, 15) is 0 Å². The minimum absolute atomic E-state index is 0.302. The van der Waals surface area contributed by atoms with E-state index in [-0.39, 0.29) is 0 Å². The van der Waals surface area contributed by atoms with Gasteiger partial charge in [0.2, 0.25) is 0 Å². The van der Waals surface area contributed by atoms with E-state index in [1.165, 1.54) is 114 Å². The third-order valence-corrected chi connectivity index (χ3v) is 10.5. The van der Waals surface area contributed by atoms with E-state index in [0.717, 1.165) is 11.8 Å². The molecule has 0 N–H and O–H groups in total. The van der Waals surface area contributed by atoms with Gasteiger partial charge in [0, 0.05) is 0 Å². The highest BCUT2D eigenvalue weighted by atomic mass is 14.3. The summed E-state index contributed by atoms with van der Waals surface area (Å²) in [5.41, 5.74) is 6.78. The Kier molecular flexibility index (Phi) is 14.9. The molecule has 0 aromatic heterocycles. The maximum absolute atomic E-state index is 4.36. The highest BCUT2D eigenvalue weighted by Gasteiger charge is 2.26. The van der Waals surface area contributed by atoms with Crippen LogP contribution in [0.4, 0.5) is 0 Å². The maximum atomic E-state index is 4.36. The van der Waals surface area contributed by atoms with Gasteiger partial charge < -0.3 is 0 Å². The Morgan fingerprint density at radius 1 is 0.750 bits per heavy atom. The van der Waals surface area contributed by atoms with Crippen LogP contribution in [-0.4, -0.2) is 0 Å². The Morgan fingerprint density at radius 2 is 1.30 bits per heavy atom. The predicted octanol–water partition coefficient (Wildman–Crippen LogP) is 13.4. The third-order valence-electron chi connectivity index (χ3n) is 10.5. The average Bonchev–Trinajstić information content (AvgIpc) is 2.85. The van der Waals surface area contributed by atoms with Crippen LogP contribution in [0.1, 0.15) is 165 Å². The van der Waals surface area contributed by atoms with E-state index in [4.69, 9.17) is 0 Å². The lowest BCUT2D eigenvalue weighted by molar-refractivity contribution is 0.370. The van der Waals surface area contributed by atoms with Crippen molar-refractivity contribution in [2.45, 2.75) is 165 Å². The first-order valence-corrected chi connectivity index (χ1v) is 17.4. The van der Waals surface area contributed by atoms with Crippen LogP contribution in [0, 0.1) is 40.9 Å². The van der Waals surface area contributed by atoms with Crippen LogP contribution < -0.4 is 0 Å². The topological polar surface area (TPSA) is 0 Å². The molecular formula is C40H69-. The monoisotopic (exact) mass is 550 g/mol. The fraction of sp³-hybridized carbons (Fsp3) is 0.775. The van der Waals surface area contributed by atoms with E-state index in [0.29, 0.717) is 22.7 Å². The van der Waals surface area contributed by atoms with Crippen molar-refractivity contribution in [2.75, 3.05) is 0 Å². The molecule has 4 unspecified atom stereocenters. The van der Waals surface area contributed by atoms with E-state index in [1.54, 1.807) is 11.1 Å². The second-order valence-electron chi connectivity index (χ2n) is 15.7. The molecule has 2 aliphatic rings. The molecule has 0 amide bonds. The second-order valence-corrected chi connectivity index (χ2v) is 15.7. The summed E-state index contributed by atoms with van der Waals surface area (Å²) < 4.78 is 0. The third kappa shape index (κ3) is 12.4. The minimum Gasteiger partial charge on any atom is -0.227 e. The SMILES string of the molecule is C=C1CCCC(C)(C)/C1=C/[CH-]C(C)CCCC(C)CCCCC(C)CCCC(C)/C=C/C1=C(C)CCCC1(C)C. The van der Waals surface area contributed by atoms with E-state index < -0.39 is 0 Å². The van der Waals surface area contributed by atoms with Crippen LogP contribution in [0.25, 0.3) is 0 Å². The molecule has 0 bridgehead atoms. The molecule has 1 fully saturated rings. The zero-order valence-corrected chi connectivity index (χ0v) is 28.6. The maximum Gasteiger partial charge on any atom is -0.0104 e. The Bertz CT molecular complexity index is 843. The number of rotatable bonds is 17. The van der Waals surface area contributed by atoms with E-state index in [1.807, 2.05) is 0 Å². The smallest absolute Gasteiger partial charge is 0.0104 e. The van der Waals surface area contributed by atoms with Gasteiger partial charge in [-0.05, 0) is 67.8 Å². The molecule has 0 aliphatic heterocycles. The molecular weight excluding hydrogens is 480 g/mol. The van der Waals surface area contributed by atoms with E-state index >= 15 is 0 Å². The fourth-order valence-corrected chi connectivity index (χ4v) is 7.41. The quantitative estimate of drug-likeness (QED) is 0.125. The van der Waals surface area contributed by atoms with Crippen molar-refractivity contribution in [2.24, 2.45) is 34.5 Å². The van der Waals surface area contributed by atoms with Crippen LogP contribution >= 0.6 is 0 Å². The Morgan fingerprint density at radius 3 is 1.90 bits per heavy atom. The van der Waals surface area contributed by atoms with Crippen LogP contribution in [0.15, 0.2) is 47.1 Å². The van der Waals surface area contributed by atoms with Gasteiger partial charge in [-0.25, -0.2) is 12.5 Å². The lowest BCUT2D eigenvalue weighted by Crippen LogP contribution is -2.21. The largest absolute Gasteiger partial charge is 0.227 e. The Labute approximate surface area is 252 Å². The lowest BCUT2D eigenvalue weighted by Gasteiger charge is -2.41. The minimum atomic E-state index is 0.302. The molecule has 1 saturated carbocycles. The van der Waals surface area contributed by atoms with Crippen molar-refractivity contribution in [1.29, 1.82) is 0 Å². The number of hydrogen-bond acceptors (Lipinski definition) is 0. The summed E-state index contributed by atoms with van der Waals surface area (Å²) in [7, 11) is 0. The first-order chi connectivity index (χ1) is 18.8. The highest BCUT2D eigenvalue weighted by Crippen LogP contribution is 2.43. The van der Waals surface area contributed by atoms with Crippen LogP contribution in [0.2, 0.25) is 0 Å². The molecule has 2 aliphatic carbocycles. The summed E-state index contributed by atoms with van der Waals surface area (Å²) in [5.74, 6) is 3.12. The second kappa shape index (κ2) is 17.1. The van der Waals surface area contributed by atoms with Crippen LogP contribution in [-0.2, 0) is 0 Å². The molecule has 0 nitrogen and oxygen atoms in total. The number of unbranched alkanes of at least 4 members (excludes halogenated alkanes) is 1. The van der Waals surface area contributed by atoms with Crippen molar-refractivity contribution in [1.82, 2.24) is 0 Å². The standard InChI is InChI=1S/C40H69/c1-31(19-13-21-33(3)25-27-37-35(5)23-15-29-39(37,7)8)17-11-12-18-32(2)20-14-22-34(4)26-28-38-36(6)24-16-30-40(38,9)10/h25-28,31-34H,5,11-24,29-30H2,1-4,6-10H3/q-1/b28-26+,37-27+. The van der Waals surface area contributed by atoms with Crippen LogP contribution in [0.3, 0.4) is 0 Å². The van der Waals surface area contributed by atoms with Crippen LogP contribution in [0.5, 0.6) is 0 Å². The lowest BCUT2D eigenvalue weighted by atomic mass is 9.70. The summed E-state index contributed by atoms with van der Waals surface area (Å²) in [5, 5.41) is 0. The molecule has 0 heterocycles. The summed E-state index contributed by atoms with van der Waals surface area (Å²) >= 11 is 0. The number of hydrogen-bond donors (Lipinski definition) is 0. The first kappa shape index (κ1) is 35.0. The summed E-state index contributed by atoms with van der Waals surface area (Å²) in [4.78, 5) is 0. The van der Waals surface area contributed by atoms with Crippen molar-refractivity contribution in [3.05, 3.63) is 53.5 Å². The normalized spacial score (nSPS) is 23.4. The van der Waals surface area contributed by atoms with Gasteiger partial charge in [0.1, 0.15) is 0 Å². The molecule has 0 heteroatoms. The Balaban J connectivity index is 1.53. The summed E-state index contributed by atoms with van der Waals surface area (Å²) in [6, 6.07) is 0. The molecule has 2 rings (SSSR count). The van der Waals surface area contributed by atoms with Gasteiger partial charge in [-0.3, -0.25) is 0 Å². The van der Waals surface area contributed by atoms with Gasteiger partial charge in [0.15, 0.2) is 0 Å². The van der Waals surface area contributed by atoms with Gasteiger partial charge in [-0.15, -0.1) is 12.2 Å². The zero-order valence-electron chi connectivity index (χ0n) is 28.6. The highest BCUT2D eigenvalue weighted by molar-refractivity contribution is 5.37. The van der Waals surface area contributed by atoms with Crippen molar-refractivity contribution >= 4 is 0 Å².